The molecule has 1 aliphatic rings. The molecule has 23 heavy (non-hydrogen) atoms. The van der Waals surface area contributed by atoms with E-state index in [1.807, 2.05) is 0 Å². The normalized spacial score (nSPS) is 17.2. The Hall–Kier alpha value is -1.21. The number of aliphatic hydroxyl groups excluding tert-OH is 1. The Morgan fingerprint density at radius 1 is 1.26 bits per heavy atom. The molecule has 0 radical (unpaired) electrons. The number of thioether (sulfide) groups is 1. The summed E-state index contributed by atoms with van der Waals surface area (Å²) in [5.74, 6) is 0.192. The summed E-state index contributed by atoms with van der Waals surface area (Å²) in [5, 5.41) is 13.1. The standard InChI is InChI=1S/C16H20F3NO2S/c17-16(18,19)12-7-5-11(6-8-12)14(21)9-20-15(22)10-23-13-3-1-2-4-13/h5-8,13-14,21H,1-4,9-10H2,(H,20,22). The summed E-state index contributed by atoms with van der Waals surface area (Å²) in [4.78, 5) is 11.7. The van der Waals surface area contributed by atoms with Crippen LogP contribution in [0.25, 0.3) is 0 Å². The number of benzene rings is 1. The van der Waals surface area contributed by atoms with Gasteiger partial charge in [0.2, 0.25) is 5.91 Å². The number of rotatable bonds is 6. The van der Waals surface area contributed by atoms with Crippen molar-refractivity contribution in [3.63, 3.8) is 0 Å². The first-order valence-corrected chi connectivity index (χ1v) is 8.64. The molecule has 1 unspecified atom stereocenters. The molecule has 1 atom stereocenters. The molecule has 2 N–H and O–H groups in total. The van der Waals surface area contributed by atoms with Crippen molar-refractivity contribution in [2.75, 3.05) is 12.3 Å². The fourth-order valence-electron chi connectivity index (χ4n) is 2.52. The minimum absolute atomic E-state index is 0.00454. The highest BCUT2D eigenvalue weighted by Crippen LogP contribution is 2.30. The van der Waals surface area contributed by atoms with Gasteiger partial charge in [-0.2, -0.15) is 13.2 Å². The zero-order valence-electron chi connectivity index (χ0n) is 12.6. The SMILES string of the molecule is O=C(CSC1CCCC1)NCC(O)c1ccc(C(F)(F)F)cc1. The van der Waals surface area contributed by atoms with E-state index in [4.69, 9.17) is 0 Å². The van der Waals surface area contributed by atoms with Gasteiger partial charge in [0.05, 0.1) is 17.4 Å². The van der Waals surface area contributed by atoms with E-state index in [2.05, 4.69) is 5.32 Å². The first-order chi connectivity index (χ1) is 10.9. The molecule has 1 aromatic rings. The molecule has 0 aliphatic heterocycles. The van der Waals surface area contributed by atoms with Crippen molar-refractivity contribution in [1.82, 2.24) is 5.32 Å². The number of carbonyl (C=O) groups is 1. The average molecular weight is 347 g/mol. The summed E-state index contributed by atoms with van der Waals surface area (Å²) in [6.45, 7) is -0.00454. The van der Waals surface area contributed by atoms with Crippen LogP contribution in [-0.4, -0.2) is 28.6 Å². The Bertz CT molecular complexity index is 513. The maximum Gasteiger partial charge on any atom is 0.416 e. The molecule has 0 saturated heterocycles. The fourth-order valence-corrected chi connectivity index (χ4v) is 3.68. The summed E-state index contributed by atoms with van der Waals surface area (Å²) in [6.07, 6.45) is -0.691. The number of hydrogen-bond donors (Lipinski definition) is 2. The van der Waals surface area contributed by atoms with E-state index < -0.39 is 17.8 Å². The second-order valence-corrected chi connectivity index (χ2v) is 6.95. The number of carbonyl (C=O) groups excluding carboxylic acids is 1. The number of nitrogens with one attached hydrogen (secondary N) is 1. The largest absolute Gasteiger partial charge is 0.416 e. The van der Waals surface area contributed by atoms with Crippen molar-refractivity contribution < 1.29 is 23.1 Å². The zero-order valence-corrected chi connectivity index (χ0v) is 13.4. The van der Waals surface area contributed by atoms with Crippen LogP contribution in [0.5, 0.6) is 0 Å². The van der Waals surface area contributed by atoms with Crippen LogP contribution >= 0.6 is 11.8 Å². The van der Waals surface area contributed by atoms with Gasteiger partial charge in [-0.15, -0.1) is 11.8 Å². The molecule has 1 aromatic carbocycles. The number of aliphatic hydroxyl groups is 1. The van der Waals surface area contributed by atoms with Gasteiger partial charge in [0.15, 0.2) is 0 Å². The summed E-state index contributed by atoms with van der Waals surface area (Å²) in [6, 6.07) is 4.31. The van der Waals surface area contributed by atoms with Gasteiger partial charge < -0.3 is 10.4 Å². The fraction of sp³-hybridized carbons (Fsp3) is 0.562. The first-order valence-electron chi connectivity index (χ1n) is 7.60. The molecule has 0 bridgehead atoms. The van der Waals surface area contributed by atoms with E-state index >= 15 is 0 Å². The second kappa shape index (κ2) is 8.06. The molecule has 7 heteroatoms. The van der Waals surface area contributed by atoms with Gasteiger partial charge in [-0.3, -0.25) is 4.79 Å². The smallest absolute Gasteiger partial charge is 0.387 e. The highest BCUT2D eigenvalue weighted by molar-refractivity contribution is 8.00. The lowest BCUT2D eigenvalue weighted by Gasteiger charge is -2.14. The lowest BCUT2D eigenvalue weighted by molar-refractivity contribution is -0.137. The molecule has 3 nitrogen and oxygen atoms in total. The molecular formula is C16H20F3NO2S. The van der Waals surface area contributed by atoms with Crippen LogP contribution in [0.3, 0.4) is 0 Å². The summed E-state index contributed by atoms with van der Waals surface area (Å²) < 4.78 is 37.4. The van der Waals surface area contributed by atoms with Gasteiger partial charge in [-0.25, -0.2) is 0 Å². The van der Waals surface area contributed by atoms with Crippen LogP contribution in [0.15, 0.2) is 24.3 Å². The number of hydrogen-bond acceptors (Lipinski definition) is 3. The van der Waals surface area contributed by atoms with Crippen LogP contribution in [0.2, 0.25) is 0 Å². The summed E-state index contributed by atoms with van der Waals surface area (Å²) in [5.41, 5.74) is -0.410. The molecule has 1 amide bonds. The molecule has 1 fully saturated rings. The van der Waals surface area contributed by atoms with Gasteiger partial charge in [0.25, 0.3) is 0 Å². The van der Waals surface area contributed by atoms with Crippen LogP contribution in [-0.2, 0) is 11.0 Å². The summed E-state index contributed by atoms with van der Waals surface area (Å²) in [7, 11) is 0. The van der Waals surface area contributed by atoms with Gasteiger partial charge in [0, 0.05) is 11.8 Å². The zero-order chi connectivity index (χ0) is 16.9. The van der Waals surface area contributed by atoms with Crippen molar-refractivity contribution in [3.05, 3.63) is 35.4 Å². The van der Waals surface area contributed by atoms with Crippen molar-refractivity contribution in [3.8, 4) is 0 Å². The lowest BCUT2D eigenvalue weighted by atomic mass is 10.1. The molecule has 1 aliphatic carbocycles. The molecule has 128 valence electrons. The number of amides is 1. The van der Waals surface area contributed by atoms with Crippen LogP contribution < -0.4 is 5.32 Å². The topological polar surface area (TPSA) is 49.3 Å². The monoisotopic (exact) mass is 347 g/mol. The van der Waals surface area contributed by atoms with Crippen molar-refractivity contribution in [1.29, 1.82) is 0 Å². The van der Waals surface area contributed by atoms with Crippen molar-refractivity contribution in [2.24, 2.45) is 0 Å². The van der Waals surface area contributed by atoms with E-state index in [9.17, 15) is 23.1 Å². The molecule has 0 heterocycles. The minimum atomic E-state index is -4.39. The predicted molar refractivity (Wildman–Crippen MR) is 84.1 cm³/mol. The first kappa shape index (κ1) is 18.1. The van der Waals surface area contributed by atoms with E-state index in [1.165, 1.54) is 25.0 Å². The van der Waals surface area contributed by atoms with Gasteiger partial charge >= 0.3 is 6.18 Å². The van der Waals surface area contributed by atoms with E-state index in [0.717, 1.165) is 25.0 Å². The third-order valence-electron chi connectivity index (χ3n) is 3.87. The Kier molecular flexibility index (Phi) is 6.35. The highest BCUT2D eigenvalue weighted by Gasteiger charge is 2.30. The Morgan fingerprint density at radius 2 is 1.87 bits per heavy atom. The van der Waals surface area contributed by atoms with Gasteiger partial charge in [-0.1, -0.05) is 25.0 Å². The van der Waals surface area contributed by atoms with E-state index in [-0.39, 0.29) is 12.5 Å². The van der Waals surface area contributed by atoms with Crippen LogP contribution in [0, 0.1) is 0 Å². The highest BCUT2D eigenvalue weighted by atomic mass is 32.2. The molecule has 0 aromatic heterocycles. The average Bonchev–Trinajstić information content (AvgIpc) is 3.03. The second-order valence-electron chi connectivity index (χ2n) is 5.66. The van der Waals surface area contributed by atoms with Gasteiger partial charge in [0.1, 0.15) is 0 Å². The van der Waals surface area contributed by atoms with Crippen molar-refractivity contribution >= 4 is 17.7 Å². The lowest BCUT2D eigenvalue weighted by Crippen LogP contribution is -2.30. The van der Waals surface area contributed by atoms with E-state index in [0.29, 0.717) is 16.6 Å². The quantitative estimate of drug-likeness (QED) is 0.828. The number of halogens is 3. The van der Waals surface area contributed by atoms with E-state index in [1.54, 1.807) is 11.8 Å². The Morgan fingerprint density at radius 3 is 2.43 bits per heavy atom. The van der Waals surface area contributed by atoms with Crippen molar-refractivity contribution in [2.45, 2.75) is 43.2 Å². The number of alkyl halides is 3. The molecule has 1 saturated carbocycles. The Labute approximate surface area is 137 Å². The molecule has 0 spiro atoms. The van der Waals surface area contributed by atoms with Gasteiger partial charge in [-0.05, 0) is 30.5 Å². The third kappa shape index (κ3) is 5.73. The summed E-state index contributed by atoms with van der Waals surface area (Å²) >= 11 is 1.63. The molecule has 2 rings (SSSR count). The third-order valence-corrected chi connectivity index (χ3v) is 5.24. The van der Waals surface area contributed by atoms with Crippen LogP contribution in [0.4, 0.5) is 13.2 Å². The van der Waals surface area contributed by atoms with Crippen LogP contribution in [0.1, 0.15) is 42.9 Å². The molecular weight excluding hydrogens is 327 g/mol. The maximum atomic E-state index is 12.5. The minimum Gasteiger partial charge on any atom is -0.387 e. The Balaban J connectivity index is 1.75. The predicted octanol–water partition coefficient (Wildman–Crippen LogP) is 3.53. The maximum absolute atomic E-state index is 12.5.